The highest BCUT2D eigenvalue weighted by molar-refractivity contribution is 6.34. The second-order valence-electron chi connectivity index (χ2n) is 7.62. The summed E-state index contributed by atoms with van der Waals surface area (Å²) in [5, 5.41) is 15.6. The summed E-state index contributed by atoms with van der Waals surface area (Å²) < 4.78 is 82.5. The molecule has 4 heterocycles. The van der Waals surface area contributed by atoms with Gasteiger partial charge in [0.15, 0.2) is 11.6 Å². The van der Waals surface area contributed by atoms with Gasteiger partial charge in [0.25, 0.3) is 0 Å². The first kappa shape index (κ1) is 22.3. The van der Waals surface area contributed by atoms with Crippen LogP contribution in [0.1, 0.15) is 24.1 Å². The number of rotatable bonds is 2. The van der Waals surface area contributed by atoms with Crippen LogP contribution in [0.2, 0.25) is 5.02 Å². The molecule has 0 saturated heterocycles. The third-order valence-electron chi connectivity index (χ3n) is 5.40. The number of fused-ring (bicyclic) bond motifs is 3. The Hall–Kier alpha value is -3.48. The summed E-state index contributed by atoms with van der Waals surface area (Å²) in [4.78, 5) is 3.99. The lowest BCUT2D eigenvalue weighted by Crippen LogP contribution is -2.22. The van der Waals surface area contributed by atoms with Crippen LogP contribution < -0.4 is 0 Å². The first-order valence-corrected chi connectivity index (χ1v) is 10.1. The van der Waals surface area contributed by atoms with Gasteiger partial charge in [-0.25, -0.2) is 0 Å². The van der Waals surface area contributed by atoms with Crippen molar-refractivity contribution in [2.24, 2.45) is 0 Å². The highest BCUT2D eigenvalue weighted by atomic mass is 35.5. The molecule has 0 saturated carbocycles. The standard InChI is InChI=1S/C20H12ClF6N7/c1-9-8-33-16(13-7-10(5-6-28-13)19(22,23)24)30-31-17(33)18-32-29-15(34(9)18)11-3-2-4-12(14(11)21)20(25,26)27/h2-7,9H,8H2,1H3/t9-/m0/s1. The maximum atomic E-state index is 13.3. The van der Waals surface area contributed by atoms with Crippen molar-refractivity contribution in [1.29, 1.82) is 0 Å². The Kier molecular flexibility index (Phi) is 4.93. The molecule has 4 aromatic rings. The van der Waals surface area contributed by atoms with Crippen LogP contribution in [0.4, 0.5) is 26.3 Å². The van der Waals surface area contributed by atoms with E-state index in [9.17, 15) is 26.3 Å². The van der Waals surface area contributed by atoms with Gasteiger partial charge in [-0.3, -0.25) is 9.55 Å². The number of pyridine rings is 1. The summed E-state index contributed by atoms with van der Waals surface area (Å²) in [5.41, 5.74) is -1.89. The van der Waals surface area contributed by atoms with Gasteiger partial charge < -0.3 is 4.57 Å². The highest BCUT2D eigenvalue weighted by Crippen LogP contribution is 2.42. The molecule has 7 nitrogen and oxygen atoms in total. The molecule has 1 aromatic carbocycles. The van der Waals surface area contributed by atoms with E-state index in [1.165, 1.54) is 12.1 Å². The molecule has 176 valence electrons. The van der Waals surface area contributed by atoms with Crippen molar-refractivity contribution in [3.63, 3.8) is 0 Å². The van der Waals surface area contributed by atoms with E-state index in [4.69, 9.17) is 11.6 Å². The van der Waals surface area contributed by atoms with Gasteiger partial charge in [0.05, 0.1) is 22.2 Å². The number of hydrogen-bond donors (Lipinski definition) is 0. The van der Waals surface area contributed by atoms with Crippen LogP contribution in [0.3, 0.4) is 0 Å². The van der Waals surface area contributed by atoms with E-state index in [2.05, 4.69) is 25.4 Å². The minimum atomic E-state index is -4.66. The maximum absolute atomic E-state index is 13.3. The highest BCUT2D eigenvalue weighted by Gasteiger charge is 2.37. The molecule has 14 heteroatoms. The Morgan fingerprint density at radius 1 is 0.882 bits per heavy atom. The first-order chi connectivity index (χ1) is 16.0. The molecule has 0 N–H and O–H groups in total. The topological polar surface area (TPSA) is 74.3 Å². The third kappa shape index (κ3) is 3.50. The van der Waals surface area contributed by atoms with E-state index in [1.807, 2.05) is 0 Å². The Morgan fingerprint density at radius 2 is 1.56 bits per heavy atom. The minimum Gasteiger partial charge on any atom is -0.301 e. The summed E-state index contributed by atoms with van der Waals surface area (Å²) in [5.74, 6) is 0.578. The van der Waals surface area contributed by atoms with Crippen molar-refractivity contribution in [2.45, 2.75) is 31.9 Å². The van der Waals surface area contributed by atoms with Gasteiger partial charge in [-0.1, -0.05) is 17.7 Å². The van der Waals surface area contributed by atoms with Crippen molar-refractivity contribution >= 4 is 11.6 Å². The molecular weight excluding hydrogens is 488 g/mol. The Balaban J connectivity index is 1.62. The van der Waals surface area contributed by atoms with E-state index in [0.29, 0.717) is 0 Å². The fraction of sp³-hybridized carbons (Fsp3) is 0.250. The number of nitrogens with zero attached hydrogens (tertiary/aromatic N) is 7. The zero-order valence-electron chi connectivity index (χ0n) is 17.0. The minimum absolute atomic E-state index is 0.0325. The number of aromatic nitrogens is 7. The maximum Gasteiger partial charge on any atom is 0.417 e. The van der Waals surface area contributed by atoms with E-state index in [0.717, 1.165) is 24.4 Å². The third-order valence-corrected chi connectivity index (χ3v) is 5.80. The SMILES string of the molecule is C[C@H]1Cn2c(-c3cc(C(F)(F)F)ccn3)nnc2-c2nnc(-c3cccc(C(F)(F)F)c3Cl)n21. The second-order valence-corrected chi connectivity index (χ2v) is 7.99. The van der Waals surface area contributed by atoms with Gasteiger partial charge in [0.1, 0.15) is 5.69 Å². The van der Waals surface area contributed by atoms with Gasteiger partial charge in [-0.05, 0) is 31.2 Å². The molecular formula is C20H12ClF6N7. The molecule has 1 atom stereocenters. The van der Waals surface area contributed by atoms with E-state index in [-0.39, 0.29) is 41.1 Å². The predicted molar refractivity (Wildman–Crippen MR) is 107 cm³/mol. The van der Waals surface area contributed by atoms with Gasteiger partial charge in [0.2, 0.25) is 11.6 Å². The van der Waals surface area contributed by atoms with Gasteiger partial charge in [0, 0.05) is 18.3 Å². The summed E-state index contributed by atoms with van der Waals surface area (Å²) in [6, 6.07) is 4.79. The van der Waals surface area contributed by atoms with Crippen LogP contribution >= 0.6 is 11.6 Å². The fourth-order valence-corrected chi connectivity index (χ4v) is 4.19. The Labute approximate surface area is 192 Å². The largest absolute Gasteiger partial charge is 0.417 e. The smallest absolute Gasteiger partial charge is 0.301 e. The van der Waals surface area contributed by atoms with Crippen molar-refractivity contribution in [3.05, 3.63) is 52.7 Å². The number of alkyl halides is 6. The lowest BCUT2D eigenvalue weighted by atomic mass is 10.1. The van der Waals surface area contributed by atoms with E-state index < -0.39 is 34.5 Å². The summed E-state index contributed by atoms with van der Waals surface area (Å²) in [6.45, 7) is 1.94. The first-order valence-electron chi connectivity index (χ1n) is 9.75. The lowest BCUT2D eigenvalue weighted by Gasteiger charge is -2.25. The molecule has 1 aliphatic rings. The Bertz CT molecular complexity index is 1410. The van der Waals surface area contributed by atoms with Crippen molar-refractivity contribution in [3.8, 4) is 34.6 Å². The predicted octanol–water partition coefficient (Wildman–Crippen LogP) is 5.53. The van der Waals surface area contributed by atoms with Crippen LogP contribution in [-0.2, 0) is 18.9 Å². The van der Waals surface area contributed by atoms with Crippen molar-refractivity contribution < 1.29 is 26.3 Å². The molecule has 0 aliphatic carbocycles. The molecule has 0 radical (unpaired) electrons. The fourth-order valence-electron chi connectivity index (χ4n) is 3.87. The van der Waals surface area contributed by atoms with Crippen molar-refractivity contribution in [1.82, 2.24) is 34.5 Å². The van der Waals surface area contributed by atoms with Gasteiger partial charge in [-0.2, -0.15) is 26.3 Å². The lowest BCUT2D eigenvalue weighted by molar-refractivity contribution is -0.138. The molecule has 1 aliphatic heterocycles. The molecule has 34 heavy (non-hydrogen) atoms. The van der Waals surface area contributed by atoms with E-state index >= 15 is 0 Å². The summed E-state index contributed by atoms with van der Waals surface area (Å²) in [7, 11) is 0. The number of benzene rings is 1. The molecule has 0 unspecified atom stereocenters. The van der Waals surface area contributed by atoms with E-state index in [1.54, 1.807) is 16.1 Å². The molecule has 0 amide bonds. The average Bonchev–Trinajstić information content (AvgIpc) is 3.37. The Morgan fingerprint density at radius 3 is 2.26 bits per heavy atom. The van der Waals surface area contributed by atoms with Crippen LogP contribution in [-0.4, -0.2) is 34.5 Å². The summed E-state index contributed by atoms with van der Waals surface area (Å²) in [6.07, 6.45) is -8.19. The van der Waals surface area contributed by atoms with Gasteiger partial charge in [-0.15, -0.1) is 20.4 Å². The number of hydrogen-bond acceptors (Lipinski definition) is 5. The monoisotopic (exact) mass is 499 g/mol. The van der Waals surface area contributed by atoms with Crippen LogP contribution in [0.25, 0.3) is 34.6 Å². The molecule has 5 rings (SSSR count). The van der Waals surface area contributed by atoms with Gasteiger partial charge >= 0.3 is 12.4 Å². The zero-order valence-corrected chi connectivity index (χ0v) is 17.8. The molecule has 0 spiro atoms. The molecule has 0 bridgehead atoms. The zero-order chi connectivity index (χ0) is 24.4. The van der Waals surface area contributed by atoms with Crippen LogP contribution in [0, 0.1) is 0 Å². The van der Waals surface area contributed by atoms with Crippen LogP contribution in [0.5, 0.6) is 0 Å². The van der Waals surface area contributed by atoms with Crippen molar-refractivity contribution in [2.75, 3.05) is 0 Å². The molecule has 3 aromatic heterocycles. The second kappa shape index (κ2) is 7.52. The summed E-state index contributed by atoms with van der Waals surface area (Å²) >= 11 is 6.08. The normalized spacial score (nSPS) is 15.8. The number of halogens is 7. The quantitative estimate of drug-likeness (QED) is 0.339. The van der Waals surface area contributed by atoms with Crippen LogP contribution in [0.15, 0.2) is 36.5 Å². The molecule has 0 fully saturated rings. The average molecular weight is 500 g/mol.